The van der Waals surface area contributed by atoms with E-state index >= 15 is 0 Å². The van der Waals surface area contributed by atoms with Crippen molar-refractivity contribution in [2.75, 3.05) is 0 Å². The van der Waals surface area contributed by atoms with Crippen LogP contribution in [0.2, 0.25) is 19.6 Å². The molecule has 0 radical (unpaired) electrons. The zero-order valence-corrected chi connectivity index (χ0v) is 18.2. The predicted molar refractivity (Wildman–Crippen MR) is 127 cm³/mol. The summed E-state index contributed by atoms with van der Waals surface area (Å²) in [6.07, 6.45) is 0. The van der Waals surface area contributed by atoms with Crippen LogP contribution in [0.1, 0.15) is 0 Å². The minimum atomic E-state index is -1.44. The molecule has 2 heterocycles. The lowest BCUT2D eigenvalue weighted by atomic mass is 10.0. The summed E-state index contributed by atoms with van der Waals surface area (Å²) in [4.78, 5) is 4.78. The minimum absolute atomic E-state index is 0.629. The van der Waals surface area contributed by atoms with E-state index in [2.05, 4.69) is 68.2 Å². The van der Waals surface area contributed by atoms with Crippen LogP contribution in [-0.2, 0) is 0 Å². The van der Waals surface area contributed by atoms with Gasteiger partial charge in [0.2, 0.25) is 5.89 Å². The Bertz CT molecular complexity index is 1550. The van der Waals surface area contributed by atoms with Gasteiger partial charge in [-0.15, -0.1) is 0 Å². The van der Waals surface area contributed by atoms with Gasteiger partial charge >= 0.3 is 0 Å². The molecule has 6 aromatic rings. The molecule has 0 aliphatic carbocycles. The van der Waals surface area contributed by atoms with Crippen LogP contribution in [0.3, 0.4) is 0 Å². The Morgan fingerprint density at radius 3 is 2.37 bits per heavy atom. The Labute approximate surface area is 174 Å². The third-order valence-electron chi connectivity index (χ3n) is 5.85. The standard InChI is InChI=1S/C26H21NO2Si/c1-30(2,3)17-12-13-19-23(15-17)28-25-18-9-5-4-8-16(18)14-20(24(19)25)26-27-21-10-6-7-11-22(21)29-26/h4-15H,1-3H3. The lowest BCUT2D eigenvalue weighted by molar-refractivity contribution is 0.620. The largest absolute Gasteiger partial charge is 0.455 e. The van der Waals surface area contributed by atoms with Gasteiger partial charge in [-0.1, -0.05) is 73.4 Å². The molecule has 0 bridgehead atoms. The molecular formula is C26H21NO2Si. The van der Waals surface area contributed by atoms with Crippen molar-refractivity contribution >= 4 is 57.1 Å². The topological polar surface area (TPSA) is 39.2 Å². The van der Waals surface area contributed by atoms with Crippen LogP contribution in [0.4, 0.5) is 0 Å². The van der Waals surface area contributed by atoms with Crippen LogP contribution in [0.25, 0.3) is 55.3 Å². The summed E-state index contributed by atoms with van der Waals surface area (Å²) >= 11 is 0. The zero-order chi connectivity index (χ0) is 20.5. The molecule has 0 atom stereocenters. The smallest absolute Gasteiger partial charge is 0.228 e. The fraction of sp³-hybridized carbons (Fsp3) is 0.115. The van der Waals surface area contributed by atoms with Gasteiger partial charge in [-0.25, -0.2) is 4.98 Å². The summed E-state index contributed by atoms with van der Waals surface area (Å²) in [7, 11) is -1.44. The Kier molecular flexibility index (Phi) is 3.53. The van der Waals surface area contributed by atoms with E-state index in [0.717, 1.165) is 49.4 Å². The van der Waals surface area contributed by atoms with Crippen molar-refractivity contribution in [2.45, 2.75) is 19.6 Å². The maximum absolute atomic E-state index is 6.49. The highest BCUT2D eigenvalue weighted by atomic mass is 28.3. The number of rotatable bonds is 2. The molecule has 0 N–H and O–H groups in total. The number of aromatic nitrogens is 1. The van der Waals surface area contributed by atoms with E-state index in [1.807, 2.05) is 24.3 Å². The summed E-state index contributed by atoms with van der Waals surface area (Å²) in [5.41, 5.74) is 4.45. The van der Waals surface area contributed by atoms with Gasteiger partial charge in [0, 0.05) is 21.7 Å². The van der Waals surface area contributed by atoms with Crippen LogP contribution < -0.4 is 5.19 Å². The Hall–Kier alpha value is -3.37. The molecule has 4 aromatic carbocycles. The third kappa shape index (κ3) is 2.54. The minimum Gasteiger partial charge on any atom is -0.455 e. The molecule has 4 heteroatoms. The average Bonchev–Trinajstić information content (AvgIpc) is 3.34. The summed E-state index contributed by atoms with van der Waals surface area (Å²) in [6.45, 7) is 7.07. The zero-order valence-electron chi connectivity index (χ0n) is 17.2. The summed E-state index contributed by atoms with van der Waals surface area (Å²) in [5, 5.41) is 5.79. The highest BCUT2D eigenvalue weighted by Gasteiger charge is 2.22. The molecule has 0 aliphatic rings. The summed E-state index contributed by atoms with van der Waals surface area (Å²) in [5.74, 6) is 0.629. The molecule has 3 nitrogen and oxygen atoms in total. The first kappa shape index (κ1) is 17.5. The van der Waals surface area contributed by atoms with Gasteiger partial charge in [-0.05, 0) is 29.7 Å². The predicted octanol–water partition coefficient (Wildman–Crippen LogP) is 7.09. The van der Waals surface area contributed by atoms with Crippen molar-refractivity contribution < 1.29 is 8.83 Å². The lowest BCUT2D eigenvalue weighted by Crippen LogP contribution is -2.37. The Balaban J connectivity index is 1.76. The van der Waals surface area contributed by atoms with Crippen molar-refractivity contribution in [3.05, 3.63) is 72.8 Å². The van der Waals surface area contributed by atoms with E-state index < -0.39 is 8.07 Å². The van der Waals surface area contributed by atoms with Crippen molar-refractivity contribution in [1.29, 1.82) is 0 Å². The SMILES string of the molecule is C[Si](C)(C)c1ccc2c(c1)oc1c3ccccc3cc(-c3nc4ccccc4o3)c21. The van der Waals surface area contributed by atoms with Gasteiger partial charge < -0.3 is 8.83 Å². The summed E-state index contributed by atoms with van der Waals surface area (Å²) in [6, 6.07) is 25.1. The van der Waals surface area contributed by atoms with Crippen LogP contribution in [0, 0.1) is 0 Å². The second-order valence-electron chi connectivity index (χ2n) is 8.90. The van der Waals surface area contributed by atoms with Gasteiger partial charge in [-0.2, -0.15) is 0 Å². The normalized spacial score (nSPS) is 12.5. The van der Waals surface area contributed by atoms with E-state index in [1.165, 1.54) is 5.19 Å². The van der Waals surface area contributed by atoms with E-state index in [-0.39, 0.29) is 0 Å². The number of hydrogen-bond acceptors (Lipinski definition) is 3. The first-order valence-corrected chi connectivity index (χ1v) is 13.7. The lowest BCUT2D eigenvalue weighted by Gasteiger charge is -2.15. The van der Waals surface area contributed by atoms with Gasteiger partial charge in [0.1, 0.15) is 16.7 Å². The molecule has 0 fully saturated rings. The van der Waals surface area contributed by atoms with E-state index in [1.54, 1.807) is 0 Å². The van der Waals surface area contributed by atoms with Crippen molar-refractivity contribution in [3.8, 4) is 11.5 Å². The number of benzene rings is 4. The number of para-hydroxylation sites is 2. The second-order valence-corrected chi connectivity index (χ2v) is 14.0. The number of furan rings is 1. The average molecular weight is 408 g/mol. The fourth-order valence-electron chi connectivity index (χ4n) is 4.23. The number of oxazole rings is 1. The van der Waals surface area contributed by atoms with Crippen LogP contribution in [0.5, 0.6) is 0 Å². The molecule has 6 rings (SSSR count). The van der Waals surface area contributed by atoms with Gasteiger partial charge in [-0.3, -0.25) is 0 Å². The maximum Gasteiger partial charge on any atom is 0.228 e. The highest BCUT2D eigenvalue weighted by molar-refractivity contribution is 6.88. The summed E-state index contributed by atoms with van der Waals surface area (Å²) < 4.78 is 12.7. The first-order chi connectivity index (χ1) is 14.5. The van der Waals surface area contributed by atoms with Gasteiger partial charge in [0.25, 0.3) is 0 Å². The van der Waals surface area contributed by atoms with Crippen molar-refractivity contribution in [3.63, 3.8) is 0 Å². The van der Waals surface area contributed by atoms with Crippen molar-refractivity contribution in [2.24, 2.45) is 0 Å². The number of nitrogens with zero attached hydrogens (tertiary/aromatic N) is 1. The van der Waals surface area contributed by atoms with Crippen molar-refractivity contribution in [1.82, 2.24) is 4.98 Å². The molecule has 30 heavy (non-hydrogen) atoms. The molecular weight excluding hydrogens is 386 g/mol. The van der Waals surface area contributed by atoms with Crippen LogP contribution in [-0.4, -0.2) is 13.1 Å². The molecule has 0 amide bonds. The second kappa shape index (κ2) is 6.06. The molecule has 0 aliphatic heterocycles. The third-order valence-corrected chi connectivity index (χ3v) is 7.90. The highest BCUT2D eigenvalue weighted by Crippen LogP contribution is 2.41. The molecule has 0 spiro atoms. The monoisotopic (exact) mass is 407 g/mol. The first-order valence-electron chi connectivity index (χ1n) is 10.2. The van der Waals surface area contributed by atoms with Crippen LogP contribution in [0.15, 0.2) is 81.6 Å². The van der Waals surface area contributed by atoms with E-state index in [0.29, 0.717) is 5.89 Å². The van der Waals surface area contributed by atoms with Gasteiger partial charge in [0.15, 0.2) is 5.58 Å². The molecule has 0 unspecified atom stereocenters. The van der Waals surface area contributed by atoms with E-state index in [4.69, 9.17) is 13.8 Å². The van der Waals surface area contributed by atoms with Crippen LogP contribution >= 0.6 is 0 Å². The maximum atomic E-state index is 6.49. The molecule has 0 saturated heterocycles. The quantitative estimate of drug-likeness (QED) is 0.288. The van der Waals surface area contributed by atoms with E-state index in [9.17, 15) is 0 Å². The molecule has 0 saturated carbocycles. The number of hydrogen-bond donors (Lipinski definition) is 0. The number of fused-ring (bicyclic) bond motifs is 6. The Morgan fingerprint density at radius 1 is 0.733 bits per heavy atom. The van der Waals surface area contributed by atoms with Gasteiger partial charge in [0.05, 0.1) is 8.07 Å². The fourth-order valence-corrected chi connectivity index (χ4v) is 5.38. The molecule has 2 aromatic heterocycles. The Morgan fingerprint density at radius 2 is 1.53 bits per heavy atom. The molecule has 146 valence electrons.